The topological polar surface area (TPSA) is 29.5 Å². The standard InChI is InChI=1S/C14H23NO2/c1-10(2)12-9-17-14-8-4-3-5-11(14)6-7-13(16)15(12)14/h10-12H,3-9H2,1-2H3. The monoisotopic (exact) mass is 237 g/mol. The highest BCUT2D eigenvalue weighted by Crippen LogP contribution is 2.50. The van der Waals surface area contributed by atoms with Gasteiger partial charge < -0.3 is 9.64 Å². The molecule has 0 radical (unpaired) electrons. The van der Waals surface area contributed by atoms with E-state index in [4.69, 9.17) is 4.74 Å². The number of nitrogens with zero attached hydrogens (tertiary/aromatic N) is 1. The zero-order valence-corrected chi connectivity index (χ0v) is 10.9. The summed E-state index contributed by atoms with van der Waals surface area (Å²) in [6.07, 6.45) is 6.61. The molecule has 3 nitrogen and oxygen atoms in total. The van der Waals surface area contributed by atoms with Crippen molar-refractivity contribution in [2.45, 2.75) is 64.1 Å². The minimum Gasteiger partial charge on any atom is -0.353 e. The molecular formula is C14H23NO2. The lowest BCUT2D eigenvalue weighted by Gasteiger charge is -2.50. The summed E-state index contributed by atoms with van der Waals surface area (Å²) in [5.74, 6) is 1.43. The molecule has 17 heavy (non-hydrogen) atoms. The molecule has 3 atom stereocenters. The normalized spacial score (nSPS) is 41.6. The first kappa shape index (κ1) is 11.5. The lowest BCUT2D eigenvalue weighted by molar-refractivity contribution is -0.186. The smallest absolute Gasteiger partial charge is 0.225 e. The maximum atomic E-state index is 12.3. The van der Waals surface area contributed by atoms with Crippen LogP contribution in [0.15, 0.2) is 0 Å². The van der Waals surface area contributed by atoms with E-state index in [1.165, 1.54) is 19.3 Å². The Morgan fingerprint density at radius 1 is 1.35 bits per heavy atom. The molecule has 0 aromatic carbocycles. The third kappa shape index (κ3) is 1.55. The molecule has 2 heterocycles. The van der Waals surface area contributed by atoms with Crippen LogP contribution in [0, 0.1) is 11.8 Å². The molecule has 0 aromatic rings. The van der Waals surface area contributed by atoms with Gasteiger partial charge in [-0.05, 0) is 31.6 Å². The first-order valence-corrected chi connectivity index (χ1v) is 7.11. The van der Waals surface area contributed by atoms with E-state index in [1.807, 2.05) is 0 Å². The number of rotatable bonds is 1. The van der Waals surface area contributed by atoms with Gasteiger partial charge in [0.15, 0.2) is 0 Å². The number of amides is 1. The second kappa shape index (κ2) is 3.98. The Balaban J connectivity index is 1.95. The van der Waals surface area contributed by atoms with Gasteiger partial charge >= 0.3 is 0 Å². The van der Waals surface area contributed by atoms with Crippen LogP contribution in [-0.2, 0) is 9.53 Å². The van der Waals surface area contributed by atoms with Crippen LogP contribution in [0.2, 0.25) is 0 Å². The minimum absolute atomic E-state index is 0.206. The fraction of sp³-hybridized carbons (Fsp3) is 0.929. The lowest BCUT2D eigenvalue weighted by atomic mass is 9.74. The van der Waals surface area contributed by atoms with Crippen LogP contribution in [0.3, 0.4) is 0 Å². The van der Waals surface area contributed by atoms with E-state index in [-0.39, 0.29) is 5.72 Å². The fourth-order valence-electron chi connectivity index (χ4n) is 4.03. The van der Waals surface area contributed by atoms with Gasteiger partial charge in [-0.2, -0.15) is 0 Å². The average molecular weight is 237 g/mol. The molecule has 2 aliphatic heterocycles. The van der Waals surface area contributed by atoms with E-state index in [1.54, 1.807) is 0 Å². The first-order valence-electron chi connectivity index (χ1n) is 7.11. The zero-order chi connectivity index (χ0) is 12.0. The van der Waals surface area contributed by atoms with Crippen LogP contribution in [0.25, 0.3) is 0 Å². The van der Waals surface area contributed by atoms with Crippen LogP contribution < -0.4 is 0 Å². The van der Waals surface area contributed by atoms with Crippen molar-refractivity contribution in [3.05, 3.63) is 0 Å². The third-order valence-electron chi connectivity index (χ3n) is 4.96. The van der Waals surface area contributed by atoms with Crippen molar-refractivity contribution in [3.63, 3.8) is 0 Å². The van der Waals surface area contributed by atoms with Crippen molar-refractivity contribution in [3.8, 4) is 0 Å². The largest absolute Gasteiger partial charge is 0.353 e. The van der Waals surface area contributed by atoms with Crippen LogP contribution in [0.5, 0.6) is 0 Å². The van der Waals surface area contributed by atoms with Gasteiger partial charge in [0, 0.05) is 12.3 Å². The van der Waals surface area contributed by atoms with E-state index in [0.29, 0.717) is 23.8 Å². The number of carbonyl (C=O) groups excluding carboxylic acids is 1. The highest BCUT2D eigenvalue weighted by Gasteiger charge is 2.57. The molecular weight excluding hydrogens is 214 g/mol. The van der Waals surface area contributed by atoms with Gasteiger partial charge in [0.25, 0.3) is 0 Å². The van der Waals surface area contributed by atoms with Gasteiger partial charge in [-0.1, -0.05) is 20.3 Å². The summed E-state index contributed by atoms with van der Waals surface area (Å²) < 4.78 is 6.20. The quantitative estimate of drug-likeness (QED) is 0.701. The Labute approximate surface area is 104 Å². The van der Waals surface area contributed by atoms with Crippen LogP contribution in [0.4, 0.5) is 0 Å². The Morgan fingerprint density at radius 3 is 2.94 bits per heavy atom. The molecule has 96 valence electrons. The van der Waals surface area contributed by atoms with Crippen molar-refractivity contribution in [1.29, 1.82) is 0 Å². The molecule has 0 aromatic heterocycles. The predicted octanol–water partition coefficient (Wildman–Crippen LogP) is 2.55. The average Bonchev–Trinajstić information content (AvgIpc) is 2.69. The summed E-state index contributed by atoms with van der Waals surface area (Å²) in [5, 5.41) is 0. The molecule has 3 unspecified atom stereocenters. The molecule has 3 heteroatoms. The van der Waals surface area contributed by atoms with Crippen molar-refractivity contribution >= 4 is 5.91 Å². The maximum Gasteiger partial charge on any atom is 0.225 e. The summed E-state index contributed by atoms with van der Waals surface area (Å²) >= 11 is 0. The molecule has 1 saturated carbocycles. The van der Waals surface area contributed by atoms with Crippen molar-refractivity contribution < 1.29 is 9.53 Å². The lowest BCUT2D eigenvalue weighted by Crippen LogP contribution is -2.60. The van der Waals surface area contributed by atoms with Gasteiger partial charge in [-0.3, -0.25) is 4.79 Å². The second-order valence-electron chi connectivity index (χ2n) is 6.21. The number of ether oxygens (including phenoxy) is 1. The summed E-state index contributed by atoms with van der Waals surface area (Å²) in [7, 11) is 0. The summed E-state index contributed by atoms with van der Waals surface area (Å²) in [6, 6.07) is 0.309. The number of carbonyl (C=O) groups is 1. The molecule has 0 bridgehead atoms. The second-order valence-corrected chi connectivity index (χ2v) is 6.21. The molecule has 1 aliphatic carbocycles. The van der Waals surface area contributed by atoms with Gasteiger partial charge in [-0.15, -0.1) is 0 Å². The Bertz CT molecular complexity index is 328. The van der Waals surface area contributed by atoms with Gasteiger partial charge in [0.2, 0.25) is 5.91 Å². The number of hydrogen-bond acceptors (Lipinski definition) is 2. The first-order chi connectivity index (χ1) is 8.15. The zero-order valence-electron chi connectivity index (χ0n) is 10.9. The van der Waals surface area contributed by atoms with E-state index < -0.39 is 0 Å². The number of hydrogen-bond donors (Lipinski definition) is 0. The van der Waals surface area contributed by atoms with E-state index in [0.717, 1.165) is 25.9 Å². The van der Waals surface area contributed by atoms with E-state index in [9.17, 15) is 4.79 Å². The SMILES string of the molecule is CC(C)C1COC23CCCCC2CCC(=O)N13. The highest BCUT2D eigenvalue weighted by molar-refractivity contribution is 5.78. The van der Waals surface area contributed by atoms with Crippen LogP contribution in [-0.4, -0.2) is 29.2 Å². The van der Waals surface area contributed by atoms with Crippen molar-refractivity contribution in [2.24, 2.45) is 11.8 Å². The Hall–Kier alpha value is -0.570. The summed E-state index contributed by atoms with van der Waals surface area (Å²) in [5.41, 5.74) is -0.206. The molecule has 1 spiro atoms. The van der Waals surface area contributed by atoms with Crippen LogP contribution in [0.1, 0.15) is 52.4 Å². The fourth-order valence-corrected chi connectivity index (χ4v) is 4.03. The summed E-state index contributed by atoms with van der Waals surface area (Å²) in [6.45, 7) is 5.15. The molecule has 3 aliphatic rings. The third-order valence-corrected chi connectivity index (χ3v) is 4.96. The summed E-state index contributed by atoms with van der Waals surface area (Å²) in [4.78, 5) is 14.4. The number of piperidine rings is 1. The molecule has 2 saturated heterocycles. The van der Waals surface area contributed by atoms with Crippen LogP contribution >= 0.6 is 0 Å². The van der Waals surface area contributed by atoms with E-state index >= 15 is 0 Å². The highest BCUT2D eigenvalue weighted by atomic mass is 16.5. The molecule has 3 fully saturated rings. The molecule has 0 N–H and O–H groups in total. The molecule has 3 rings (SSSR count). The molecule has 1 amide bonds. The maximum absolute atomic E-state index is 12.3. The predicted molar refractivity (Wildman–Crippen MR) is 65.3 cm³/mol. The minimum atomic E-state index is -0.206. The van der Waals surface area contributed by atoms with Gasteiger partial charge in [0.1, 0.15) is 5.72 Å². The Kier molecular flexibility index (Phi) is 2.69. The van der Waals surface area contributed by atoms with Gasteiger partial charge in [-0.25, -0.2) is 0 Å². The van der Waals surface area contributed by atoms with Gasteiger partial charge in [0.05, 0.1) is 12.6 Å². The van der Waals surface area contributed by atoms with E-state index in [2.05, 4.69) is 18.7 Å². The van der Waals surface area contributed by atoms with Crippen molar-refractivity contribution in [1.82, 2.24) is 4.90 Å². The van der Waals surface area contributed by atoms with Crippen molar-refractivity contribution in [2.75, 3.05) is 6.61 Å². The Morgan fingerprint density at radius 2 is 2.18 bits per heavy atom.